The molecular weight excluding hydrogens is 328 g/mol. The number of rotatable bonds is 5. The summed E-state index contributed by atoms with van der Waals surface area (Å²) in [7, 11) is 0. The third-order valence-electron chi connectivity index (χ3n) is 4.36. The number of carbonyl (C=O) groups excluding carboxylic acids is 1. The number of H-pyrrole nitrogens is 1. The molecule has 0 saturated carbocycles. The van der Waals surface area contributed by atoms with E-state index in [2.05, 4.69) is 4.98 Å². The Bertz CT molecular complexity index is 1010. The molecule has 0 saturated heterocycles. The van der Waals surface area contributed by atoms with Crippen molar-refractivity contribution in [1.29, 1.82) is 0 Å². The van der Waals surface area contributed by atoms with E-state index in [1.54, 1.807) is 12.1 Å². The summed E-state index contributed by atoms with van der Waals surface area (Å²) in [6.45, 7) is 4.03. The number of fused-ring (bicyclic) bond motifs is 1. The van der Waals surface area contributed by atoms with Crippen molar-refractivity contribution in [1.82, 2.24) is 9.88 Å². The number of hydrogen-bond acceptors (Lipinski definition) is 3. The number of aliphatic hydroxyl groups excluding tert-OH is 1. The van der Waals surface area contributed by atoms with Gasteiger partial charge in [-0.3, -0.25) is 9.59 Å². The van der Waals surface area contributed by atoms with Crippen LogP contribution >= 0.6 is 0 Å². The molecular formula is C21H22N2O3. The lowest BCUT2D eigenvalue weighted by Crippen LogP contribution is -2.35. The standard InChI is InChI=1S/C21H22N2O3/c1-14-4-3-5-17(10-14)21(26)23(8-9-24)13-18-12-16-7-6-15(2)11-19(16)22-20(18)25/h3-7,10-12,24H,8-9,13H2,1-2H3,(H,22,25). The maximum absolute atomic E-state index is 12.8. The first kappa shape index (κ1) is 17.9. The van der Waals surface area contributed by atoms with Crippen molar-refractivity contribution >= 4 is 16.8 Å². The first-order valence-electron chi connectivity index (χ1n) is 8.57. The fraction of sp³-hybridized carbons (Fsp3) is 0.238. The van der Waals surface area contributed by atoms with Gasteiger partial charge in [-0.1, -0.05) is 29.8 Å². The van der Waals surface area contributed by atoms with Crippen LogP contribution in [0.15, 0.2) is 53.3 Å². The van der Waals surface area contributed by atoms with E-state index in [-0.39, 0.29) is 31.2 Å². The lowest BCUT2D eigenvalue weighted by Gasteiger charge is -2.22. The Labute approximate surface area is 151 Å². The van der Waals surface area contributed by atoms with Crippen LogP contribution in [-0.2, 0) is 6.54 Å². The van der Waals surface area contributed by atoms with Crippen LogP contribution in [0.1, 0.15) is 27.0 Å². The van der Waals surface area contributed by atoms with E-state index in [9.17, 15) is 14.7 Å². The van der Waals surface area contributed by atoms with Crippen molar-refractivity contribution in [3.05, 3.63) is 81.1 Å². The normalized spacial score (nSPS) is 10.9. The lowest BCUT2D eigenvalue weighted by molar-refractivity contribution is 0.0707. The molecule has 5 heteroatoms. The number of carbonyl (C=O) groups is 1. The number of nitrogens with zero attached hydrogens (tertiary/aromatic N) is 1. The minimum Gasteiger partial charge on any atom is -0.395 e. The minimum atomic E-state index is -0.219. The average molecular weight is 350 g/mol. The zero-order chi connectivity index (χ0) is 18.7. The molecule has 0 aliphatic carbocycles. The molecule has 1 heterocycles. The predicted octanol–water partition coefficient (Wildman–Crippen LogP) is 2.78. The second-order valence-electron chi connectivity index (χ2n) is 6.53. The van der Waals surface area contributed by atoms with E-state index in [0.717, 1.165) is 22.0 Å². The summed E-state index contributed by atoms with van der Waals surface area (Å²) in [5, 5.41) is 10.3. The summed E-state index contributed by atoms with van der Waals surface area (Å²) in [6.07, 6.45) is 0. The highest BCUT2D eigenvalue weighted by molar-refractivity contribution is 5.94. The van der Waals surface area contributed by atoms with Gasteiger partial charge in [0.05, 0.1) is 13.2 Å². The van der Waals surface area contributed by atoms with Crippen molar-refractivity contribution < 1.29 is 9.90 Å². The van der Waals surface area contributed by atoms with Gasteiger partial charge < -0.3 is 15.0 Å². The van der Waals surface area contributed by atoms with Crippen LogP contribution in [-0.4, -0.2) is 34.0 Å². The Morgan fingerprint density at radius 1 is 1.08 bits per heavy atom. The molecule has 0 radical (unpaired) electrons. The van der Waals surface area contributed by atoms with E-state index < -0.39 is 0 Å². The Kier molecular flexibility index (Phi) is 5.19. The van der Waals surface area contributed by atoms with Gasteiger partial charge >= 0.3 is 0 Å². The van der Waals surface area contributed by atoms with E-state index in [1.165, 1.54) is 4.90 Å². The molecule has 0 spiro atoms. The van der Waals surface area contributed by atoms with Crippen molar-refractivity contribution in [3.8, 4) is 0 Å². The molecule has 3 rings (SSSR count). The van der Waals surface area contributed by atoms with Crippen LogP contribution in [0, 0.1) is 13.8 Å². The largest absolute Gasteiger partial charge is 0.395 e. The molecule has 0 aliphatic heterocycles. The second-order valence-corrected chi connectivity index (χ2v) is 6.53. The molecule has 134 valence electrons. The maximum atomic E-state index is 12.8. The second kappa shape index (κ2) is 7.54. The van der Waals surface area contributed by atoms with Crippen molar-refractivity contribution in [2.24, 2.45) is 0 Å². The van der Waals surface area contributed by atoms with Crippen molar-refractivity contribution in [2.75, 3.05) is 13.2 Å². The quantitative estimate of drug-likeness (QED) is 0.743. The molecule has 1 aromatic heterocycles. The number of hydrogen-bond donors (Lipinski definition) is 2. The van der Waals surface area contributed by atoms with Gasteiger partial charge in [0.2, 0.25) is 0 Å². The third-order valence-corrected chi connectivity index (χ3v) is 4.36. The molecule has 5 nitrogen and oxygen atoms in total. The SMILES string of the molecule is Cc1cccc(C(=O)N(CCO)Cc2cc3ccc(C)cc3[nH]c2=O)c1. The monoisotopic (exact) mass is 350 g/mol. The van der Waals surface area contributed by atoms with Crippen LogP contribution in [0.3, 0.4) is 0 Å². The smallest absolute Gasteiger partial charge is 0.254 e. The van der Waals surface area contributed by atoms with Crippen LogP contribution in [0.25, 0.3) is 10.9 Å². The van der Waals surface area contributed by atoms with E-state index >= 15 is 0 Å². The molecule has 0 aliphatic rings. The number of aromatic nitrogens is 1. The number of aromatic amines is 1. The molecule has 3 aromatic rings. The number of aliphatic hydroxyl groups is 1. The van der Waals surface area contributed by atoms with Crippen molar-refractivity contribution in [3.63, 3.8) is 0 Å². The summed E-state index contributed by atoms with van der Waals surface area (Å²) in [5.41, 5.74) is 3.65. The van der Waals surface area contributed by atoms with Crippen LogP contribution < -0.4 is 5.56 Å². The zero-order valence-corrected chi connectivity index (χ0v) is 15.0. The van der Waals surface area contributed by atoms with Gasteiger partial charge in [0.1, 0.15) is 0 Å². The molecule has 0 atom stereocenters. The first-order chi connectivity index (χ1) is 12.5. The van der Waals surface area contributed by atoms with Crippen LogP contribution in [0.5, 0.6) is 0 Å². The average Bonchev–Trinajstić information content (AvgIpc) is 2.61. The predicted molar refractivity (Wildman–Crippen MR) is 102 cm³/mol. The molecule has 1 amide bonds. The number of amides is 1. The van der Waals surface area contributed by atoms with E-state index in [1.807, 2.05) is 50.2 Å². The molecule has 2 N–H and O–H groups in total. The van der Waals surface area contributed by atoms with Gasteiger partial charge in [-0.2, -0.15) is 0 Å². The summed E-state index contributed by atoms with van der Waals surface area (Å²) in [6, 6.07) is 14.9. The van der Waals surface area contributed by atoms with Gasteiger partial charge in [-0.15, -0.1) is 0 Å². The molecule has 2 aromatic carbocycles. The summed E-state index contributed by atoms with van der Waals surface area (Å²) in [4.78, 5) is 29.6. The minimum absolute atomic E-state index is 0.145. The van der Waals surface area contributed by atoms with Gasteiger partial charge in [-0.25, -0.2) is 0 Å². The van der Waals surface area contributed by atoms with Gasteiger partial charge in [-0.05, 0) is 49.1 Å². The maximum Gasteiger partial charge on any atom is 0.254 e. The summed E-state index contributed by atoms with van der Waals surface area (Å²) < 4.78 is 0. The van der Waals surface area contributed by atoms with Crippen LogP contribution in [0.2, 0.25) is 0 Å². The molecule has 0 unspecified atom stereocenters. The number of nitrogens with one attached hydrogen (secondary N) is 1. The van der Waals surface area contributed by atoms with Gasteiger partial charge in [0.15, 0.2) is 0 Å². The highest BCUT2D eigenvalue weighted by Gasteiger charge is 2.17. The van der Waals surface area contributed by atoms with Crippen molar-refractivity contribution in [2.45, 2.75) is 20.4 Å². The van der Waals surface area contributed by atoms with E-state index in [4.69, 9.17) is 0 Å². The molecule has 0 fully saturated rings. The fourth-order valence-corrected chi connectivity index (χ4v) is 3.02. The molecule has 26 heavy (non-hydrogen) atoms. The lowest BCUT2D eigenvalue weighted by atomic mass is 10.1. The Hall–Kier alpha value is -2.92. The summed E-state index contributed by atoms with van der Waals surface area (Å²) >= 11 is 0. The topological polar surface area (TPSA) is 73.4 Å². The Morgan fingerprint density at radius 2 is 1.85 bits per heavy atom. The van der Waals surface area contributed by atoms with Gasteiger partial charge in [0, 0.05) is 23.2 Å². The zero-order valence-electron chi connectivity index (χ0n) is 15.0. The number of pyridine rings is 1. The Balaban J connectivity index is 1.94. The molecule has 0 bridgehead atoms. The van der Waals surface area contributed by atoms with E-state index in [0.29, 0.717) is 11.1 Å². The van der Waals surface area contributed by atoms with Crippen LogP contribution in [0.4, 0.5) is 0 Å². The third kappa shape index (κ3) is 3.83. The highest BCUT2D eigenvalue weighted by atomic mass is 16.3. The number of aryl methyl sites for hydroxylation is 2. The summed E-state index contributed by atoms with van der Waals surface area (Å²) in [5.74, 6) is -0.203. The fourth-order valence-electron chi connectivity index (χ4n) is 3.02. The van der Waals surface area contributed by atoms with Gasteiger partial charge in [0.25, 0.3) is 11.5 Å². The number of benzene rings is 2. The first-order valence-corrected chi connectivity index (χ1v) is 8.57. The highest BCUT2D eigenvalue weighted by Crippen LogP contribution is 2.15. The Morgan fingerprint density at radius 3 is 2.58 bits per heavy atom.